The molecule has 2 heterocycles. The summed E-state index contributed by atoms with van der Waals surface area (Å²) in [6.45, 7) is 4.65. The van der Waals surface area contributed by atoms with Gasteiger partial charge >= 0.3 is 11.9 Å². The lowest BCUT2D eigenvalue weighted by atomic mass is 10.0. The van der Waals surface area contributed by atoms with Crippen molar-refractivity contribution in [3.63, 3.8) is 0 Å². The van der Waals surface area contributed by atoms with Crippen molar-refractivity contribution in [3.8, 4) is 0 Å². The lowest BCUT2D eigenvalue weighted by Gasteiger charge is -2.16. The summed E-state index contributed by atoms with van der Waals surface area (Å²) in [5.41, 5.74) is 0. The molecule has 0 saturated carbocycles. The third-order valence-corrected chi connectivity index (χ3v) is 5.30. The van der Waals surface area contributed by atoms with Crippen molar-refractivity contribution in [2.24, 2.45) is 0 Å². The maximum atomic E-state index is 11.0. The second-order valence-corrected chi connectivity index (χ2v) is 8.81. The summed E-state index contributed by atoms with van der Waals surface area (Å²) in [4.78, 5) is 22.0. The normalized spacial score (nSPS) is 41.3. The molecule has 0 aromatic rings. The largest absolute Gasteiger partial charge is 0.458 e. The van der Waals surface area contributed by atoms with E-state index in [0.29, 0.717) is 6.42 Å². The molecule has 0 aromatic carbocycles. The quantitative estimate of drug-likeness (QED) is 0.394. The molecule has 3 N–H and O–H groups in total. The highest BCUT2D eigenvalue weighted by atomic mass is 79.9. The number of carbonyl (C=O) groups is 2. The van der Waals surface area contributed by atoms with Crippen LogP contribution in [0.1, 0.15) is 28.6 Å². The van der Waals surface area contributed by atoms with Crippen molar-refractivity contribution in [1.82, 2.24) is 0 Å². The minimum atomic E-state index is -1.07. The number of aliphatic hydroxyl groups is 3. The summed E-state index contributed by atoms with van der Waals surface area (Å²) >= 11 is 6.15. The molecule has 6 atom stereocenters. The molecule has 0 bridgehead atoms. The van der Waals surface area contributed by atoms with Crippen molar-refractivity contribution in [1.29, 1.82) is 0 Å². The molecule has 7 nitrogen and oxygen atoms in total. The number of alkyl halides is 3. The summed E-state index contributed by atoms with van der Waals surface area (Å²) in [5, 5.41) is 27.5. The highest BCUT2D eigenvalue weighted by molar-refractivity contribution is 9.10. The number of rotatable bonds is 2. The number of carbonyl (C=O) groups excluding carboxylic acids is 2. The van der Waals surface area contributed by atoms with Gasteiger partial charge in [0.2, 0.25) is 0 Å². The molecule has 0 aliphatic carbocycles. The van der Waals surface area contributed by atoms with Gasteiger partial charge in [-0.05, 0) is 20.3 Å². The van der Waals surface area contributed by atoms with E-state index in [1.165, 1.54) is 6.92 Å². The second-order valence-electron chi connectivity index (χ2n) is 5.52. The van der Waals surface area contributed by atoms with Crippen molar-refractivity contribution < 1.29 is 40.1 Å². The van der Waals surface area contributed by atoms with Crippen LogP contribution in [0.4, 0.5) is 4.39 Å². The Morgan fingerprint density at radius 2 is 1.46 bits per heavy atom. The van der Waals surface area contributed by atoms with Crippen LogP contribution in [0, 0.1) is 0 Å². The summed E-state index contributed by atoms with van der Waals surface area (Å²) in [7, 11) is -1.00. The fraction of sp³-hybridized carbons (Fsp3) is 0.857. The fourth-order valence-corrected chi connectivity index (χ4v) is 2.79. The van der Waals surface area contributed by atoms with Gasteiger partial charge in [-0.15, -0.1) is 0 Å². The number of ether oxygens (including phenoxy) is 2. The Hall–Kier alpha value is -0.290. The summed E-state index contributed by atoms with van der Waals surface area (Å²) in [6.07, 6.45) is -2.23. The van der Waals surface area contributed by atoms with Crippen molar-refractivity contribution >= 4 is 43.8 Å². The smallest absolute Gasteiger partial charge is 0.325 e. The lowest BCUT2D eigenvalue weighted by Crippen LogP contribution is -2.38. The number of hydrogen-bond acceptors (Lipinski definition) is 7. The van der Waals surface area contributed by atoms with E-state index in [1.807, 2.05) is 6.92 Å². The predicted molar refractivity (Wildman–Crippen MR) is 90.8 cm³/mol. The first kappa shape index (κ1) is 21.8. The molecular formula is C14H23Br2FO7. The number of aliphatic hydroxyl groups excluding tert-OH is 3. The average molecular weight is 483 g/mol. The van der Waals surface area contributed by atoms with Gasteiger partial charge in [0, 0.05) is 0 Å². The number of cyclic esters (lactones) is 2. The van der Waals surface area contributed by atoms with E-state index >= 15 is 0 Å². The molecular weight excluding hydrogens is 459 g/mol. The SMILES string of the molecule is CC1(Br)C(=O)O[C@H](CO)[C@H]1O.CC[C@H]1OC(=O)C(C)(Br)[C@@H]1O.[2H]CF. The third-order valence-electron chi connectivity index (χ3n) is 3.71. The van der Waals surface area contributed by atoms with Gasteiger partial charge in [-0.1, -0.05) is 38.8 Å². The van der Waals surface area contributed by atoms with Crippen LogP contribution >= 0.6 is 31.9 Å². The van der Waals surface area contributed by atoms with Crippen LogP contribution in [0.3, 0.4) is 0 Å². The van der Waals surface area contributed by atoms with Gasteiger partial charge in [-0.3, -0.25) is 14.0 Å². The average Bonchev–Trinajstić information content (AvgIpc) is 2.87. The maximum absolute atomic E-state index is 11.0. The highest BCUT2D eigenvalue weighted by Gasteiger charge is 2.52. The number of esters is 2. The minimum Gasteiger partial charge on any atom is -0.458 e. The lowest BCUT2D eigenvalue weighted by molar-refractivity contribution is -0.144. The van der Waals surface area contributed by atoms with Crippen molar-refractivity contribution in [2.75, 3.05) is 13.8 Å². The number of hydrogen-bond donors (Lipinski definition) is 3. The summed E-state index contributed by atoms with van der Waals surface area (Å²) < 4.78 is 23.1. The van der Waals surface area contributed by atoms with Gasteiger partial charge in [0.05, 0.1) is 15.1 Å². The van der Waals surface area contributed by atoms with Gasteiger partial charge in [0.1, 0.15) is 27.0 Å². The molecule has 0 radical (unpaired) electrons. The van der Waals surface area contributed by atoms with E-state index in [-0.39, 0.29) is 18.7 Å². The first-order valence-electron chi connectivity index (χ1n) is 7.74. The van der Waals surface area contributed by atoms with E-state index in [2.05, 4.69) is 36.6 Å². The molecule has 0 spiro atoms. The number of halogens is 3. The van der Waals surface area contributed by atoms with Crippen molar-refractivity contribution in [3.05, 3.63) is 0 Å². The third kappa shape index (κ3) is 4.87. The standard InChI is InChI=1S/C7H11BrO3.C6H9BrO4.CH3F/c1-3-4-5(9)7(2,8)6(10)11-4;1-6(7)4(9)3(2-8)11-5(6)10;1-2/h4-5,9H,3H2,1-2H3;3-4,8-9H,2H2,1H3;1H3/t4-,5-,7?;3-,4-,6?;/m11./s1/i;;1D. The predicted octanol–water partition coefficient (Wildman–Crippen LogP) is 0.841. The summed E-state index contributed by atoms with van der Waals surface area (Å²) in [5.74, 6) is -0.916. The van der Waals surface area contributed by atoms with Crippen molar-refractivity contribution in [2.45, 2.75) is 60.3 Å². The van der Waals surface area contributed by atoms with Crippen LogP contribution < -0.4 is 0 Å². The fourth-order valence-electron chi connectivity index (χ4n) is 2.02. The highest BCUT2D eigenvalue weighted by Crippen LogP contribution is 2.35. The Kier molecular flexibility index (Phi) is 8.54. The van der Waals surface area contributed by atoms with Crippen LogP contribution in [0.5, 0.6) is 0 Å². The molecule has 2 aliphatic heterocycles. The van der Waals surface area contributed by atoms with Gasteiger partial charge in [0.15, 0.2) is 6.10 Å². The first-order valence-corrected chi connectivity index (χ1v) is 8.62. The van der Waals surface area contributed by atoms with Gasteiger partial charge in [0.25, 0.3) is 0 Å². The van der Waals surface area contributed by atoms with Crippen LogP contribution in [-0.2, 0) is 19.1 Å². The van der Waals surface area contributed by atoms with Crippen LogP contribution in [0.15, 0.2) is 0 Å². The topological polar surface area (TPSA) is 113 Å². The molecule has 2 fully saturated rings. The van der Waals surface area contributed by atoms with Gasteiger partial charge in [-0.25, -0.2) is 0 Å². The molecule has 10 heteroatoms. The zero-order chi connectivity index (χ0) is 20.0. The minimum absolute atomic E-state index is 0.353. The van der Waals surface area contributed by atoms with E-state index in [1.54, 1.807) is 6.92 Å². The summed E-state index contributed by atoms with van der Waals surface area (Å²) in [6, 6.07) is 0. The Labute approximate surface area is 158 Å². The van der Waals surface area contributed by atoms with E-state index < -0.39 is 40.1 Å². The van der Waals surface area contributed by atoms with E-state index in [9.17, 15) is 24.2 Å². The van der Waals surface area contributed by atoms with Crippen LogP contribution in [0.25, 0.3) is 0 Å². The van der Waals surface area contributed by atoms with Crippen LogP contribution in [-0.4, -0.2) is 74.1 Å². The Bertz CT molecular complexity index is 424. The van der Waals surface area contributed by atoms with E-state index in [0.717, 1.165) is 0 Å². The Morgan fingerprint density at radius 1 is 1.12 bits per heavy atom. The monoisotopic (exact) mass is 481 g/mol. The molecule has 24 heavy (non-hydrogen) atoms. The molecule has 2 saturated heterocycles. The maximum Gasteiger partial charge on any atom is 0.325 e. The molecule has 0 aromatic heterocycles. The molecule has 0 amide bonds. The van der Waals surface area contributed by atoms with E-state index in [4.69, 9.17) is 11.2 Å². The zero-order valence-corrected chi connectivity index (χ0v) is 16.7. The Balaban J connectivity index is 0.000000399. The van der Waals surface area contributed by atoms with Gasteiger partial charge < -0.3 is 24.8 Å². The molecule has 2 unspecified atom stereocenters. The Morgan fingerprint density at radius 3 is 1.58 bits per heavy atom. The molecule has 2 rings (SSSR count). The van der Waals surface area contributed by atoms with Gasteiger partial charge in [-0.2, -0.15) is 0 Å². The zero-order valence-electron chi connectivity index (χ0n) is 14.5. The first-order chi connectivity index (χ1) is 11.4. The van der Waals surface area contributed by atoms with Crippen LogP contribution in [0.2, 0.25) is 0 Å². The molecule has 2 aliphatic rings. The molecule has 142 valence electrons. The second kappa shape index (κ2) is 9.42.